The maximum Gasteiger partial charge on any atom is 0.106 e. The lowest BCUT2D eigenvalue weighted by molar-refractivity contribution is 0.0328. The van der Waals surface area contributed by atoms with Crippen LogP contribution in [-0.4, -0.2) is 22.2 Å². The van der Waals surface area contributed by atoms with Gasteiger partial charge in [-0.25, -0.2) is 0 Å². The topological polar surface area (TPSA) is 40.5 Å². The fourth-order valence-electron chi connectivity index (χ4n) is 1.46. The Morgan fingerprint density at radius 2 is 2.07 bits per heavy atom. The van der Waals surface area contributed by atoms with Crippen LogP contribution in [0.2, 0.25) is 0 Å². The molecule has 1 heterocycles. The first-order valence-electron chi connectivity index (χ1n) is 4.61. The summed E-state index contributed by atoms with van der Waals surface area (Å²) in [6.45, 7) is 0. The van der Waals surface area contributed by atoms with Crippen molar-refractivity contribution in [2.75, 3.05) is 5.88 Å². The van der Waals surface area contributed by atoms with Gasteiger partial charge in [-0.1, -0.05) is 12.1 Å². The minimum absolute atomic E-state index is 0.0314. The SMILES string of the molecule is OC(CCl)C(O)c1ccc2ccsc2c1. The molecule has 0 radical (unpaired) electrons. The summed E-state index contributed by atoms with van der Waals surface area (Å²) in [6, 6.07) is 7.66. The number of aliphatic hydroxyl groups is 2. The van der Waals surface area contributed by atoms with Crippen LogP contribution in [-0.2, 0) is 0 Å². The van der Waals surface area contributed by atoms with Crippen LogP contribution in [0.4, 0.5) is 0 Å². The molecule has 0 spiro atoms. The maximum absolute atomic E-state index is 9.76. The fraction of sp³-hybridized carbons (Fsp3) is 0.273. The van der Waals surface area contributed by atoms with E-state index < -0.39 is 12.2 Å². The number of rotatable bonds is 3. The predicted octanol–water partition coefficient (Wildman–Crippen LogP) is 2.53. The Morgan fingerprint density at radius 1 is 1.27 bits per heavy atom. The van der Waals surface area contributed by atoms with Crippen molar-refractivity contribution < 1.29 is 10.2 Å². The Bertz CT molecular complexity index is 455. The van der Waals surface area contributed by atoms with Crippen molar-refractivity contribution in [3.8, 4) is 0 Å². The van der Waals surface area contributed by atoms with Crippen molar-refractivity contribution >= 4 is 33.0 Å². The Hall–Kier alpha value is -0.610. The minimum atomic E-state index is -0.913. The van der Waals surface area contributed by atoms with Gasteiger partial charge in [0, 0.05) is 4.70 Å². The average molecular weight is 243 g/mol. The Kier molecular flexibility index (Phi) is 3.26. The van der Waals surface area contributed by atoms with E-state index in [-0.39, 0.29) is 5.88 Å². The summed E-state index contributed by atoms with van der Waals surface area (Å²) >= 11 is 7.10. The van der Waals surface area contributed by atoms with Crippen LogP contribution in [0.5, 0.6) is 0 Å². The van der Waals surface area contributed by atoms with E-state index in [1.165, 1.54) is 0 Å². The number of fused-ring (bicyclic) bond motifs is 1. The highest BCUT2D eigenvalue weighted by molar-refractivity contribution is 7.17. The van der Waals surface area contributed by atoms with Crippen LogP contribution >= 0.6 is 22.9 Å². The predicted molar refractivity (Wildman–Crippen MR) is 63.5 cm³/mol. The molecule has 0 fully saturated rings. The number of aliphatic hydroxyl groups excluding tert-OH is 2. The molecule has 0 amide bonds. The molecule has 2 atom stereocenters. The summed E-state index contributed by atoms with van der Waals surface area (Å²) < 4.78 is 1.10. The third-order valence-electron chi connectivity index (χ3n) is 2.34. The second kappa shape index (κ2) is 4.49. The smallest absolute Gasteiger partial charge is 0.106 e. The van der Waals surface area contributed by atoms with Gasteiger partial charge < -0.3 is 10.2 Å². The van der Waals surface area contributed by atoms with Crippen LogP contribution in [0.15, 0.2) is 29.6 Å². The van der Waals surface area contributed by atoms with Crippen molar-refractivity contribution in [2.45, 2.75) is 12.2 Å². The van der Waals surface area contributed by atoms with E-state index in [1.807, 2.05) is 29.6 Å². The molecule has 2 N–H and O–H groups in total. The molecule has 0 aliphatic carbocycles. The summed E-state index contributed by atoms with van der Waals surface area (Å²) in [5.41, 5.74) is 0.707. The van der Waals surface area contributed by atoms with Gasteiger partial charge in [0.25, 0.3) is 0 Å². The van der Waals surface area contributed by atoms with Gasteiger partial charge in [-0.2, -0.15) is 0 Å². The number of hydrogen-bond donors (Lipinski definition) is 2. The molecule has 15 heavy (non-hydrogen) atoms. The van der Waals surface area contributed by atoms with Gasteiger partial charge in [0.1, 0.15) is 6.10 Å². The monoisotopic (exact) mass is 242 g/mol. The number of benzene rings is 1. The number of halogens is 1. The van der Waals surface area contributed by atoms with Crippen LogP contribution in [0, 0.1) is 0 Å². The maximum atomic E-state index is 9.76. The van der Waals surface area contributed by atoms with Gasteiger partial charge in [0.2, 0.25) is 0 Å². The standard InChI is InChI=1S/C11H11ClO2S/c12-6-9(13)11(14)8-2-1-7-3-4-15-10(7)5-8/h1-5,9,11,13-14H,6H2. The zero-order valence-corrected chi connectivity index (χ0v) is 9.50. The highest BCUT2D eigenvalue weighted by Gasteiger charge is 2.17. The van der Waals surface area contributed by atoms with Crippen LogP contribution in [0.1, 0.15) is 11.7 Å². The van der Waals surface area contributed by atoms with Crippen molar-refractivity contribution in [3.63, 3.8) is 0 Å². The van der Waals surface area contributed by atoms with Crippen LogP contribution in [0.25, 0.3) is 10.1 Å². The Labute approximate surface area is 96.7 Å². The Balaban J connectivity index is 2.35. The lowest BCUT2D eigenvalue weighted by Gasteiger charge is -2.15. The highest BCUT2D eigenvalue weighted by Crippen LogP contribution is 2.26. The van der Waals surface area contributed by atoms with E-state index in [1.54, 1.807) is 11.3 Å². The largest absolute Gasteiger partial charge is 0.389 e. The molecular formula is C11H11ClO2S. The first-order chi connectivity index (χ1) is 7.22. The van der Waals surface area contributed by atoms with Gasteiger partial charge in [-0.15, -0.1) is 22.9 Å². The minimum Gasteiger partial charge on any atom is -0.389 e. The zero-order valence-electron chi connectivity index (χ0n) is 7.93. The van der Waals surface area contributed by atoms with E-state index in [4.69, 9.17) is 11.6 Å². The van der Waals surface area contributed by atoms with E-state index in [9.17, 15) is 10.2 Å². The lowest BCUT2D eigenvalue weighted by Crippen LogP contribution is -2.19. The molecule has 1 aromatic heterocycles. The summed E-state index contributed by atoms with van der Waals surface area (Å²) in [5, 5.41) is 22.3. The lowest BCUT2D eigenvalue weighted by atomic mass is 10.0. The molecule has 0 saturated heterocycles. The molecule has 0 aliphatic rings. The first kappa shape index (κ1) is 10.9. The molecule has 2 nitrogen and oxygen atoms in total. The molecule has 0 saturated carbocycles. The summed E-state index contributed by atoms with van der Waals surface area (Å²) in [4.78, 5) is 0. The van der Waals surface area contributed by atoms with Crippen LogP contribution in [0.3, 0.4) is 0 Å². The molecule has 80 valence electrons. The molecule has 4 heteroatoms. The molecular weight excluding hydrogens is 232 g/mol. The summed E-state index contributed by atoms with van der Waals surface area (Å²) in [7, 11) is 0. The van der Waals surface area contributed by atoms with E-state index in [0.29, 0.717) is 5.56 Å². The van der Waals surface area contributed by atoms with E-state index in [2.05, 4.69) is 0 Å². The third-order valence-corrected chi connectivity index (χ3v) is 3.54. The van der Waals surface area contributed by atoms with Gasteiger partial charge in [0.15, 0.2) is 0 Å². The van der Waals surface area contributed by atoms with Crippen molar-refractivity contribution in [1.29, 1.82) is 0 Å². The molecule has 2 unspecified atom stereocenters. The molecule has 2 rings (SSSR count). The number of hydrogen-bond acceptors (Lipinski definition) is 3. The number of alkyl halides is 1. The molecule has 1 aromatic carbocycles. The average Bonchev–Trinajstić information content (AvgIpc) is 2.73. The second-order valence-corrected chi connectivity index (χ2v) is 4.64. The van der Waals surface area contributed by atoms with E-state index in [0.717, 1.165) is 10.1 Å². The van der Waals surface area contributed by atoms with Crippen molar-refractivity contribution in [3.05, 3.63) is 35.2 Å². The molecule has 2 aromatic rings. The van der Waals surface area contributed by atoms with Gasteiger partial charge >= 0.3 is 0 Å². The Morgan fingerprint density at radius 3 is 2.80 bits per heavy atom. The van der Waals surface area contributed by atoms with Crippen LogP contribution < -0.4 is 0 Å². The fourth-order valence-corrected chi connectivity index (χ4v) is 2.47. The van der Waals surface area contributed by atoms with Gasteiger partial charge in [-0.3, -0.25) is 0 Å². The summed E-state index contributed by atoms with van der Waals surface area (Å²) in [6.07, 6.45) is -1.82. The first-order valence-corrected chi connectivity index (χ1v) is 6.03. The quantitative estimate of drug-likeness (QED) is 0.812. The van der Waals surface area contributed by atoms with Gasteiger partial charge in [0.05, 0.1) is 12.0 Å². The van der Waals surface area contributed by atoms with Crippen molar-refractivity contribution in [2.24, 2.45) is 0 Å². The normalized spacial score (nSPS) is 15.4. The van der Waals surface area contributed by atoms with Crippen molar-refractivity contribution in [1.82, 2.24) is 0 Å². The van der Waals surface area contributed by atoms with Gasteiger partial charge in [-0.05, 0) is 28.5 Å². The number of thiophene rings is 1. The molecule has 0 aliphatic heterocycles. The zero-order chi connectivity index (χ0) is 10.8. The summed E-state index contributed by atoms with van der Waals surface area (Å²) in [5.74, 6) is 0.0314. The van der Waals surface area contributed by atoms with E-state index >= 15 is 0 Å². The highest BCUT2D eigenvalue weighted by atomic mass is 35.5. The second-order valence-electron chi connectivity index (χ2n) is 3.38. The molecule has 0 bridgehead atoms. The third kappa shape index (κ3) is 2.16.